The first-order valence-electron chi connectivity index (χ1n) is 9.00. The molecular weight excluding hydrogens is 389 g/mol. The second kappa shape index (κ2) is 7.16. The number of pyridine rings is 1. The first kappa shape index (κ1) is 19.4. The standard InChI is InChI=1S/C18H19F3N6O2/c19-18(20,21)15-12(10-6-11(22)8-23-7-10)2-1-4-26(15)14-3-5-27-16(25-14)13(9-24-27)17(28)29/h3,5-9,12,15,17,28-29H,1-2,4,22H2. The van der Waals surface area contributed by atoms with E-state index < -0.39 is 24.4 Å². The van der Waals surface area contributed by atoms with Crippen molar-refractivity contribution in [3.63, 3.8) is 0 Å². The van der Waals surface area contributed by atoms with Crippen LogP contribution >= 0.6 is 0 Å². The molecule has 4 heterocycles. The highest BCUT2D eigenvalue weighted by molar-refractivity contribution is 5.54. The van der Waals surface area contributed by atoms with Crippen molar-refractivity contribution in [3.8, 4) is 0 Å². The summed E-state index contributed by atoms with van der Waals surface area (Å²) >= 11 is 0. The number of aliphatic hydroxyl groups excluding tert-OH is 1. The smallest absolute Gasteiger partial charge is 0.397 e. The zero-order valence-corrected chi connectivity index (χ0v) is 15.2. The van der Waals surface area contributed by atoms with Gasteiger partial charge in [-0.2, -0.15) is 18.3 Å². The predicted molar refractivity (Wildman–Crippen MR) is 98.0 cm³/mol. The highest BCUT2D eigenvalue weighted by Crippen LogP contribution is 2.43. The third-order valence-corrected chi connectivity index (χ3v) is 5.13. The van der Waals surface area contributed by atoms with E-state index in [2.05, 4.69) is 15.1 Å². The molecule has 3 aromatic heterocycles. The van der Waals surface area contributed by atoms with Gasteiger partial charge in [0.2, 0.25) is 0 Å². The Morgan fingerprint density at radius 3 is 2.69 bits per heavy atom. The molecule has 2 atom stereocenters. The number of anilines is 2. The molecule has 0 aliphatic carbocycles. The molecule has 1 fully saturated rings. The molecule has 0 radical (unpaired) electrons. The van der Waals surface area contributed by atoms with Crippen LogP contribution in [-0.2, 0) is 0 Å². The summed E-state index contributed by atoms with van der Waals surface area (Å²) in [5, 5.41) is 22.9. The largest absolute Gasteiger partial charge is 0.409 e. The first-order valence-corrected chi connectivity index (χ1v) is 9.00. The summed E-state index contributed by atoms with van der Waals surface area (Å²) in [7, 11) is 0. The van der Waals surface area contributed by atoms with Crippen molar-refractivity contribution in [1.82, 2.24) is 19.6 Å². The fourth-order valence-electron chi connectivity index (χ4n) is 3.90. The summed E-state index contributed by atoms with van der Waals surface area (Å²) < 4.78 is 43.8. The molecule has 0 aromatic carbocycles. The van der Waals surface area contributed by atoms with Crippen LogP contribution in [0.25, 0.3) is 5.65 Å². The normalized spacial score (nSPS) is 20.6. The third kappa shape index (κ3) is 3.58. The third-order valence-electron chi connectivity index (χ3n) is 5.13. The number of hydrogen-bond acceptors (Lipinski definition) is 7. The molecule has 3 aromatic rings. The van der Waals surface area contributed by atoms with Gasteiger partial charge in [0.1, 0.15) is 11.9 Å². The number of rotatable bonds is 3. The minimum absolute atomic E-state index is 0.0176. The number of nitrogens with zero attached hydrogens (tertiary/aromatic N) is 5. The quantitative estimate of drug-likeness (QED) is 0.568. The molecule has 0 saturated carbocycles. The van der Waals surface area contributed by atoms with Crippen LogP contribution in [0.5, 0.6) is 0 Å². The van der Waals surface area contributed by atoms with Gasteiger partial charge < -0.3 is 20.8 Å². The van der Waals surface area contributed by atoms with Crippen molar-refractivity contribution < 1.29 is 23.4 Å². The van der Waals surface area contributed by atoms with Gasteiger partial charge in [0.05, 0.1) is 17.4 Å². The van der Waals surface area contributed by atoms with Gasteiger partial charge in [-0.05, 0) is 30.5 Å². The average Bonchev–Trinajstić information content (AvgIpc) is 3.10. The fraction of sp³-hybridized carbons (Fsp3) is 0.389. The number of aliphatic hydroxyl groups is 2. The van der Waals surface area contributed by atoms with Gasteiger partial charge in [0, 0.05) is 31.1 Å². The molecule has 1 aliphatic heterocycles. The van der Waals surface area contributed by atoms with Gasteiger partial charge in [-0.1, -0.05) is 0 Å². The van der Waals surface area contributed by atoms with Crippen LogP contribution in [0, 0.1) is 0 Å². The lowest BCUT2D eigenvalue weighted by molar-refractivity contribution is -0.157. The van der Waals surface area contributed by atoms with E-state index in [1.54, 1.807) is 0 Å². The van der Waals surface area contributed by atoms with E-state index >= 15 is 0 Å². The Morgan fingerprint density at radius 2 is 2.00 bits per heavy atom. The molecule has 8 nitrogen and oxygen atoms in total. The lowest BCUT2D eigenvalue weighted by Gasteiger charge is -2.43. The maximum Gasteiger partial charge on any atom is 0.409 e. The lowest BCUT2D eigenvalue weighted by atomic mass is 9.83. The van der Waals surface area contributed by atoms with Gasteiger partial charge in [-0.15, -0.1) is 0 Å². The number of hydrogen-bond donors (Lipinski definition) is 3. The number of halogens is 3. The topological polar surface area (TPSA) is 113 Å². The van der Waals surface area contributed by atoms with Crippen molar-refractivity contribution in [2.24, 2.45) is 0 Å². The average molecular weight is 408 g/mol. The first-order chi connectivity index (χ1) is 13.8. The molecule has 11 heteroatoms. The van der Waals surface area contributed by atoms with E-state index in [1.165, 1.54) is 46.3 Å². The zero-order valence-electron chi connectivity index (χ0n) is 15.2. The number of piperidine rings is 1. The van der Waals surface area contributed by atoms with Crippen LogP contribution in [0.3, 0.4) is 0 Å². The summed E-state index contributed by atoms with van der Waals surface area (Å²) in [6.45, 7) is 0.157. The highest BCUT2D eigenvalue weighted by Gasteiger charge is 2.51. The molecular formula is C18H19F3N6O2. The van der Waals surface area contributed by atoms with E-state index in [-0.39, 0.29) is 23.6 Å². The monoisotopic (exact) mass is 408 g/mol. The van der Waals surface area contributed by atoms with E-state index in [4.69, 9.17) is 5.73 Å². The molecule has 2 unspecified atom stereocenters. The number of alkyl halides is 3. The van der Waals surface area contributed by atoms with Crippen LogP contribution in [0.1, 0.15) is 36.2 Å². The fourth-order valence-corrected chi connectivity index (χ4v) is 3.90. The number of nitrogens with two attached hydrogens (primary N) is 1. The Morgan fingerprint density at radius 1 is 1.21 bits per heavy atom. The van der Waals surface area contributed by atoms with Gasteiger partial charge in [-0.25, -0.2) is 9.50 Å². The Hall–Kier alpha value is -2.92. The molecule has 0 spiro atoms. The van der Waals surface area contributed by atoms with Crippen LogP contribution < -0.4 is 10.6 Å². The highest BCUT2D eigenvalue weighted by atomic mass is 19.4. The molecule has 154 valence electrons. The van der Waals surface area contributed by atoms with Gasteiger partial charge >= 0.3 is 6.18 Å². The van der Waals surface area contributed by atoms with E-state index in [9.17, 15) is 23.4 Å². The summed E-state index contributed by atoms with van der Waals surface area (Å²) in [5.74, 6) is -0.769. The Balaban J connectivity index is 1.79. The second-order valence-electron chi connectivity index (χ2n) is 7.01. The van der Waals surface area contributed by atoms with Gasteiger partial charge in [0.25, 0.3) is 0 Å². The number of nitrogen functional groups attached to an aromatic ring is 1. The van der Waals surface area contributed by atoms with Gasteiger partial charge in [0.15, 0.2) is 11.9 Å². The molecule has 4 N–H and O–H groups in total. The van der Waals surface area contributed by atoms with Crippen molar-refractivity contribution in [2.45, 2.75) is 37.3 Å². The van der Waals surface area contributed by atoms with E-state index in [1.807, 2.05) is 0 Å². The second-order valence-corrected chi connectivity index (χ2v) is 7.01. The van der Waals surface area contributed by atoms with Crippen LogP contribution in [0.2, 0.25) is 0 Å². The summed E-state index contributed by atoms with van der Waals surface area (Å²) in [6.07, 6.45) is -0.0299. The molecule has 0 amide bonds. The van der Waals surface area contributed by atoms with E-state index in [0.29, 0.717) is 24.1 Å². The predicted octanol–water partition coefficient (Wildman–Crippen LogP) is 2.00. The van der Waals surface area contributed by atoms with Gasteiger partial charge in [-0.3, -0.25) is 4.98 Å². The van der Waals surface area contributed by atoms with Crippen molar-refractivity contribution >= 4 is 17.2 Å². The Bertz CT molecular complexity index is 1020. The molecule has 1 aliphatic rings. The molecule has 29 heavy (non-hydrogen) atoms. The van der Waals surface area contributed by atoms with Crippen molar-refractivity contribution in [1.29, 1.82) is 0 Å². The van der Waals surface area contributed by atoms with E-state index in [0.717, 1.165) is 0 Å². The minimum atomic E-state index is -4.52. The Kier molecular flexibility index (Phi) is 4.79. The van der Waals surface area contributed by atoms with Crippen LogP contribution in [-0.4, -0.2) is 48.6 Å². The molecule has 4 rings (SSSR count). The molecule has 0 bridgehead atoms. The molecule has 1 saturated heterocycles. The summed E-state index contributed by atoms with van der Waals surface area (Å²) in [5.41, 5.74) is 6.57. The summed E-state index contributed by atoms with van der Waals surface area (Å²) in [6, 6.07) is 1.14. The maximum atomic E-state index is 14.2. The van der Waals surface area contributed by atoms with Crippen molar-refractivity contribution in [2.75, 3.05) is 17.2 Å². The van der Waals surface area contributed by atoms with Crippen LogP contribution in [0.4, 0.5) is 24.7 Å². The van der Waals surface area contributed by atoms with Crippen LogP contribution in [0.15, 0.2) is 36.9 Å². The number of aromatic nitrogens is 4. The number of fused-ring (bicyclic) bond motifs is 1. The summed E-state index contributed by atoms with van der Waals surface area (Å²) in [4.78, 5) is 9.41. The zero-order chi connectivity index (χ0) is 20.8. The minimum Gasteiger partial charge on any atom is -0.397 e. The van der Waals surface area contributed by atoms with Crippen molar-refractivity contribution in [3.05, 3.63) is 48.0 Å². The lowest BCUT2D eigenvalue weighted by Crippen LogP contribution is -2.53. The Labute approximate surface area is 163 Å². The maximum absolute atomic E-state index is 14.2. The SMILES string of the molecule is Nc1cncc(C2CCCN(c3ccn4ncc(C(O)O)c4n3)C2C(F)(F)F)c1.